The number of halogens is 1. The van der Waals surface area contributed by atoms with E-state index < -0.39 is 10.0 Å². The van der Waals surface area contributed by atoms with Gasteiger partial charge in [-0.25, -0.2) is 8.42 Å². The maximum Gasteiger partial charge on any atom is 0.262 e. The van der Waals surface area contributed by atoms with Crippen LogP contribution in [0.4, 0.5) is 5.69 Å². The van der Waals surface area contributed by atoms with E-state index in [-0.39, 0.29) is 10.8 Å². The van der Waals surface area contributed by atoms with E-state index in [1.807, 2.05) is 50.2 Å². The average Bonchev–Trinajstić information content (AvgIpc) is 2.77. The number of carbonyl (C=O) groups excluding carboxylic acids is 1. The first-order chi connectivity index (χ1) is 15.7. The molecule has 5 nitrogen and oxygen atoms in total. The highest BCUT2D eigenvalue weighted by Crippen LogP contribution is 2.24. The molecule has 1 amide bonds. The van der Waals surface area contributed by atoms with Crippen molar-refractivity contribution in [2.45, 2.75) is 31.4 Å². The van der Waals surface area contributed by atoms with Gasteiger partial charge in [0.25, 0.3) is 15.9 Å². The van der Waals surface area contributed by atoms with E-state index in [0.29, 0.717) is 28.4 Å². The quantitative estimate of drug-likeness (QED) is 0.366. The van der Waals surface area contributed by atoms with E-state index >= 15 is 0 Å². The Hall–Kier alpha value is -2.48. The lowest BCUT2D eigenvalue weighted by molar-refractivity contribution is 0.0956. The maximum atomic E-state index is 13.0. The molecular formula is C25H27ClN2O3S2. The summed E-state index contributed by atoms with van der Waals surface area (Å²) in [6.07, 6.45) is 0. The molecule has 3 aromatic carbocycles. The van der Waals surface area contributed by atoms with E-state index in [2.05, 4.69) is 10.0 Å². The zero-order valence-corrected chi connectivity index (χ0v) is 21.2. The van der Waals surface area contributed by atoms with Crippen LogP contribution in [0.3, 0.4) is 0 Å². The first kappa shape index (κ1) is 25.1. The summed E-state index contributed by atoms with van der Waals surface area (Å²) in [4.78, 5) is 12.7. The molecule has 2 N–H and O–H groups in total. The average molecular weight is 503 g/mol. The normalized spacial score (nSPS) is 11.3. The molecule has 0 aliphatic carbocycles. The number of sulfonamides is 1. The van der Waals surface area contributed by atoms with Crippen LogP contribution in [-0.2, 0) is 15.8 Å². The Morgan fingerprint density at radius 2 is 1.67 bits per heavy atom. The van der Waals surface area contributed by atoms with Crippen LogP contribution >= 0.6 is 23.4 Å². The highest BCUT2D eigenvalue weighted by molar-refractivity contribution is 7.98. The second-order valence-corrected chi connectivity index (χ2v) is 11.0. The zero-order chi connectivity index (χ0) is 24.0. The summed E-state index contributed by atoms with van der Waals surface area (Å²) in [5.74, 6) is 1.26. The molecule has 174 valence electrons. The molecule has 8 heteroatoms. The first-order valence-corrected chi connectivity index (χ1v) is 13.5. The Kier molecular flexibility index (Phi) is 8.46. The van der Waals surface area contributed by atoms with E-state index in [4.69, 9.17) is 11.6 Å². The molecule has 0 heterocycles. The lowest BCUT2D eigenvalue weighted by Gasteiger charge is -2.14. The molecule has 0 spiro atoms. The van der Waals surface area contributed by atoms with Gasteiger partial charge in [0.05, 0.1) is 10.6 Å². The van der Waals surface area contributed by atoms with Gasteiger partial charge in [-0.05, 0) is 67.8 Å². The number of hydrogen-bond acceptors (Lipinski definition) is 4. The van der Waals surface area contributed by atoms with Gasteiger partial charge in [0.1, 0.15) is 0 Å². The van der Waals surface area contributed by atoms with Gasteiger partial charge in [-0.2, -0.15) is 11.8 Å². The molecule has 0 unspecified atom stereocenters. The lowest BCUT2D eigenvalue weighted by atomic mass is 10.1. The van der Waals surface area contributed by atoms with Gasteiger partial charge in [-0.1, -0.05) is 47.5 Å². The van der Waals surface area contributed by atoms with Gasteiger partial charge in [0.15, 0.2) is 0 Å². The van der Waals surface area contributed by atoms with E-state index in [0.717, 1.165) is 22.6 Å². The fourth-order valence-electron chi connectivity index (χ4n) is 3.27. The number of thioether (sulfide) groups is 1. The number of aryl methyl sites for hydroxylation is 3. The molecule has 0 fully saturated rings. The molecule has 0 saturated carbocycles. The molecule has 0 aromatic heterocycles. The van der Waals surface area contributed by atoms with Crippen LogP contribution < -0.4 is 10.0 Å². The molecule has 0 aliphatic rings. The largest absolute Gasteiger partial charge is 0.351 e. The Labute approximate surface area is 205 Å². The Morgan fingerprint density at radius 1 is 0.939 bits per heavy atom. The van der Waals surface area contributed by atoms with E-state index in [9.17, 15) is 13.2 Å². The van der Waals surface area contributed by atoms with E-state index in [1.54, 1.807) is 36.9 Å². The van der Waals surface area contributed by atoms with Crippen LogP contribution in [0.15, 0.2) is 65.6 Å². The summed E-state index contributed by atoms with van der Waals surface area (Å²) in [6.45, 7) is 6.00. The van der Waals surface area contributed by atoms with Crippen LogP contribution in [0, 0.1) is 20.8 Å². The summed E-state index contributed by atoms with van der Waals surface area (Å²) in [5, 5.41) is 3.57. The summed E-state index contributed by atoms with van der Waals surface area (Å²) in [7, 11) is -3.84. The fraction of sp³-hybridized carbons (Fsp3) is 0.240. The third-order valence-electron chi connectivity index (χ3n) is 5.08. The van der Waals surface area contributed by atoms with Crippen molar-refractivity contribution in [1.29, 1.82) is 0 Å². The number of nitrogens with one attached hydrogen (secondary N) is 2. The molecule has 33 heavy (non-hydrogen) atoms. The molecular weight excluding hydrogens is 476 g/mol. The van der Waals surface area contributed by atoms with Crippen molar-refractivity contribution in [3.05, 3.63) is 93.5 Å². The number of amides is 1. The van der Waals surface area contributed by atoms with Crippen molar-refractivity contribution in [2.24, 2.45) is 0 Å². The molecule has 3 aromatic rings. The second-order valence-electron chi connectivity index (χ2n) is 7.84. The number of anilines is 1. The molecule has 0 bridgehead atoms. The summed E-state index contributed by atoms with van der Waals surface area (Å²) < 4.78 is 28.7. The minimum absolute atomic E-state index is 0.0900. The summed E-state index contributed by atoms with van der Waals surface area (Å²) in [5.41, 5.74) is 4.46. The minimum atomic E-state index is -3.84. The number of hydrogen-bond donors (Lipinski definition) is 2. The number of benzene rings is 3. The van der Waals surface area contributed by atoms with Crippen LogP contribution in [0.5, 0.6) is 0 Å². The van der Waals surface area contributed by atoms with Crippen molar-refractivity contribution in [3.8, 4) is 0 Å². The monoisotopic (exact) mass is 502 g/mol. The molecule has 0 radical (unpaired) electrons. The van der Waals surface area contributed by atoms with Crippen LogP contribution in [0.25, 0.3) is 0 Å². The smallest absolute Gasteiger partial charge is 0.262 e. The minimum Gasteiger partial charge on any atom is -0.351 e. The van der Waals surface area contributed by atoms with Gasteiger partial charge in [0.2, 0.25) is 0 Å². The molecule has 3 rings (SSSR count). The standard InChI is InChI=1S/C25H27ClN2O3S2/c1-17-4-11-23(19(3)14-17)28-33(30,31)24-15-21(8-5-18(24)2)25(29)27-12-13-32-16-20-6-9-22(26)10-7-20/h4-11,14-15,28H,12-13,16H2,1-3H3,(H,27,29). The summed E-state index contributed by atoms with van der Waals surface area (Å²) in [6, 6.07) is 17.9. The number of carbonyl (C=O) groups is 1. The zero-order valence-electron chi connectivity index (χ0n) is 18.8. The van der Waals surface area contributed by atoms with Crippen molar-refractivity contribution < 1.29 is 13.2 Å². The molecule has 0 saturated heterocycles. The Balaban J connectivity index is 1.61. The van der Waals surface area contributed by atoms with Crippen molar-refractivity contribution >= 4 is 45.0 Å². The van der Waals surface area contributed by atoms with Gasteiger partial charge >= 0.3 is 0 Å². The lowest BCUT2D eigenvalue weighted by Crippen LogP contribution is -2.26. The van der Waals surface area contributed by atoms with Crippen molar-refractivity contribution in [1.82, 2.24) is 5.32 Å². The maximum absolute atomic E-state index is 13.0. The van der Waals surface area contributed by atoms with Crippen LogP contribution in [0.1, 0.15) is 32.6 Å². The van der Waals surface area contributed by atoms with Crippen molar-refractivity contribution in [2.75, 3.05) is 17.0 Å². The number of rotatable bonds is 9. The summed E-state index contributed by atoms with van der Waals surface area (Å²) >= 11 is 7.59. The van der Waals surface area contributed by atoms with Crippen molar-refractivity contribution in [3.63, 3.8) is 0 Å². The highest BCUT2D eigenvalue weighted by atomic mass is 35.5. The third kappa shape index (κ3) is 7.00. The molecule has 0 aliphatic heterocycles. The molecule has 0 atom stereocenters. The fourth-order valence-corrected chi connectivity index (χ4v) is 5.62. The van der Waals surface area contributed by atoms with Crippen LogP contribution in [-0.4, -0.2) is 26.6 Å². The van der Waals surface area contributed by atoms with E-state index in [1.165, 1.54) is 11.6 Å². The Bertz CT molecular complexity index is 1240. The predicted octanol–water partition coefficient (Wildman–Crippen LogP) is 5.73. The highest BCUT2D eigenvalue weighted by Gasteiger charge is 2.20. The van der Waals surface area contributed by atoms with Gasteiger partial charge < -0.3 is 5.32 Å². The predicted molar refractivity (Wildman–Crippen MR) is 138 cm³/mol. The topological polar surface area (TPSA) is 75.3 Å². The SMILES string of the molecule is Cc1ccc(NS(=O)(=O)c2cc(C(=O)NCCSCc3ccc(Cl)cc3)ccc2C)c(C)c1. The van der Waals surface area contributed by atoms with Crippen LogP contribution in [0.2, 0.25) is 5.02 Å². The second kappa shape index (κ2) is 11.1. The first-order valence-electron chi connectivity index (χ1n) is 10.5. The van der Waals surface area contributed by atoms with Gasteiger partial charge in [-0.3, -0.25) is 9.52 Å². The Morgan fingerprint density at radius 3 is 2.36 bits per heavy atom. The van der Waals surface area contributed by atoms with Gasteiger partial charge in [-0.15, -0.1) is 0 Å². The van der Waals surface area contributed by atoms with Gasteiger partial charge in [0, 0.05) is 28.6 Å². The third-order valence-corrected chi connectivity index (χ3v) is 7.87.